The minimum Gasteiger partial charge on any atom is -1.00 e. The van der Waals surface area contributed by atoms with Gasteiger partial charge in [-0.1, -0.05) is 0 Å². The SMILES string of the molecule is C=Cc1bcccc1.[H-].[K+]. The van der Waals surface area contributed by atoms with Crippen molar-refractivity contribution in [2.24, 2.45) is 0 Å². The van der Waals surface area contributed by atoms with E-state index >= 15 is 0 Å². The fraction of sp³-hybridized carbons (Fsp3) is 0. The van der Waals surface area contributed by atoms with Gasteiger partial charge in [0.2, 0.25) is 0 Å². The summed E-state index contributed by atoms with van der Waals surface area (Å²) in [5.74, 6) is 2.00. The summed E-state index contributed by atoms with van der Waals surface area (Å²) < 4.78 is 0. The molecule has 1 aromatic heterocycles. The summed E-state index contributed by atoms with van der Waals surface area (Å²) in [4.78, 5) is 0. The van der Waals surface area contributed by atoms with Crippen LogP contribution in [-0.2, 0) is 0 Å². The van der Waals surface area contributed by atoms with Crippen molar-refractivity contribution in [2.45, 2.75) is 0 Å². The molecule has 1 heterocycles. The van der Waals surface area contributed by atoms with E-state index in [-0.39, 0.29) is 52.8 Å². The van der Waals surface area contributed by atoms with Crippen LogP contribution < -0.4 is 51.4 Å². The zero-order chi connectivity index (χ0) is 5.82. The van der Waals surface area contributed by atoms with Crippen molar-refractivity contribution < 1.29 is 52.8 Å². The monoisotopic (exact) mass is 142 g/mol. The van der Waals surface area contributed by atoms with Gasteiger partial charge in [-0.3, -0.25) is 0 Å². The predicted octanol–water partition coefficient (Wildman–Crippen LogP) is -1.22. The van der Waals surface area contributed by atoms with E-state index in [0.717, 1.165) is 0 Å². The van der Waals surface area contributed by atoms with E-state index < -0.39 is 0 Å². The molecule has 0 aliphatic rings. The molecule has 9 heavy (non-hydrogen) atoms. The molecule has 0 radical (unpaired) electrons. The Bertz CT molecular complexity index is 176. The Kier molecular flexibility index (Phi) is 6.06. The summed E-state index contributed by atoms with van der Waals surface area (Å²) in [5.41, 5.74) is 1.17. The summed E-state index contributed by atoms with van der Waals surface area (Å²) in [6, 6.07) is 6.01. The molecule has 40 valence electrons. The topological polar surface area (TPSA) is 0 Å². The van der Waals surface area contributed by atoms with Gasteiger partial charge >= 0.3 is 101 Å². The van der Waals surface area contributed by atoms with Crippen LogP contribution in [0.1, 0.15) is 6.89 Å². The van der Waals surface area contributed by atoms with Gasteiger partial charge in [-0.25, -0.2) is 0 Å². The third-order valence-electron chi connectivity index (χ3n) is 1.04. The minimum absolute atomic E-state index is 0. The van der Waals surface area contributed by atoms with Crippen molar-refractivity contribution in [2.75, 3.05) is 0 Å². The molecule has 0 spiro atoms. The maximum Gasteiger partial charge on any atom is 1.00 e. The molecule has 0 aliphatic carbocycles. The predicted molar refractivity (Wildman–Crippen MR) is 39.0 cm³/mol. The fourth-order valence-corrected chi connectivity index (χ4v) is 0.589. The van der Waals surface area contributed by atoms with Gasteiger partial charge in [0, 0.05) is 0 Å². The number of hydrogen-bond acceptors (Lipinski definition) is 0. The van der Waals surface area contributed by atoms with E-state index in [2.05, 4.69) is 6.58 Å². The Morgan fingerprint density at radius 1 is 1.56 bits per heavy atom. The summed E-state index contributed by atoms with van der Waals surface area (Å²) in [5, 5.41) is 0. The van der Waals surface area contributed by atoms with Crippen molar-refractivity contribution in [3.8, 4) is 0 Å². The molecule has 0 fully saturated rings. The van der Waals surface area contributed by atoms with Crippen LogP contribution in [0, 0.1) is 0 Å². The standard InChI is InChI=1S/C7H7B.K.H/c1-2-7-5-3-4-6-8-7;;/h2-6H,1H2;;/q;+1;-1. The van der Waals surface area contributed by atoms with Gasteiger partial charge in [-0.2, -0.15) is 0 Å². The van der Waals surface area contributed by atoms with Crippen LogP contribution in [0.2, 0.25) is 0 Å². The number of rotatable bonds is 1. The van der Waals surface area contributed by atoms with Crippen LogP contribution in [0.3, 0.4) is 0 Å². The van der Waals surface area contributed by atoms with Gasteiger partial charge in [-0.15, -0.1) is 0 Å². The smallest absolute Gasteiger partial charge is 1.00 e. The molecule has 0 amide bonds. The molecule has 0 aromatic carbocycles. The van der Waals surface area contributed by atoms with Crippen LogP contribution in [0.25, 0.3) is 6.08 Å². The Morgan fingerprint density at radius 3 is 2.67 bits per heavy atom. The van der Waals surface area contributed by atoms with Gasteiger partial charge in [0.05, 0.1) is 0 Å². The molecule has 0 saturated heterocycles. The first-order valence-corrected chi connectivity index (χ1v) is 2.61. The third-order valence-corrected chi connectivity index (χ3v) is 1.04. The quantitative estimate of drug-likeness (QED) is 0.431. The van der Waals surface area contributed by atoms with E-state index in [0.29, 0.717) is 0 Å². The van der Waals surface area contributed by atoms with Gasteiger partial charge in [0.25, 0.3) is 0 Å². The average molecular weight is 142 g/mol. The van der Waals surface area contributed by atoms with Crippen molar-refractivity contribution in [3.63, 3.8) is 0 Å². The minimum atomic E-state index is 0. The molecule has 1 aromatic rings. The second kappa shape index (κ2) is 5.57. The zero-order valence-corrected chi connectivity index (χ0v) is 8.79. The van der Waals surface area contributed by atoms with Crippen molar-refractivity contribution in [1.82, 2.24) is 0 Å². The van der Waals surface area contributed by atoms with E-state index in [9.17, 15) is 0 Å². The van der Waals surface area contributed by atoms with Crippen LogP contribution in [-0.4, -0.2) is 6.91 Å². The molecular formula is C7H8BK. The summed E-state index contributed by atoms with van der Waals surface area (Å²) in [7, 11) is 0. The Hall–Kier alpha value is 0.791. The van der Waals surface area contributed by atoms with Crippen LogP contribution in [0.4, 0.5) is 0 Å². The van der Waals surface area contributed by atoms with E-state index in [4.69, 9.17) is 0 Å². The first kappa shape index (κ1) is 9.79. The first-order valence-electron chi connectivity index (χ1n) is 2.61. The molecule has 0 bridgehead atoms. The van der Waals surface area contributed by atoms with Gasteiger partial charge < -0.3 is 1.43 Å². The van der Waals surface area contributed by atoms with Crippen molar-refractivity contribution in [3.05, 3.63) is 36.2 Å². The van der Waals surface area contributed by atoms with Crippen molar-refractivity contribution >= 4 is 13.0 Å². The summed E-state index contributed by atoms with van der Waals surface area (Å²) >= 11 is 0. The maximum absolute atomic E-state index is 3.63. The summed E-state index contributed by atoms with van der Waals surface area (Å²) in [6.45, 7) is 5.65. The molecule has 2 heteroatoms. The second-order valence-electron chi connectivity index (χ2n) is 1.61. The fourth-order valence-electron chi connectivity index (χ4n) is 0.589. The van der Waals surface area contributed by atoms with E-state index in [1.165, 1.54) is 5.46 Å². The normalized spacial score (nSPS) is 7.11. The average Bonchev–Trinajstić information content (AvgIpc) is 1.90. The molecule has 1 rings (SSSR count). The molecule has 0 atom stereocenters. The Morgan fingerprint density at radius 2 is 2.33 bits per heavy atom. The van der Waals surface area contributed by atoms with Crippen molar-refractivity contribution in [1.29, 1.82) is 0 Å². The Labute approximate surface area is 100 Å². The Balaban J connectivity index is 0. The maximum atomic E-state index is 3.63. The molecular weight excluding hydrogens is 134 g/mol. The molecule has 0 aliphatic heterocycles. The van der Waals surface area contributed by atoms with Crippen LogP contribution in [0.5, 0.6) is 0 Å². The second-order valence-corrected chi connectivity index (χ2v) is 1.61. The molecule has 0 saturated carbocycles. The first-order chi connectivity index (χ1) is 3.93. The van der Waals surface area contributed by atoms with E-state index in [1.807, 2.05) is 37.1 Å². The van der Waals surface area contributed by atoms with Crippen LogP contribution in [0.15, 0.2) is 30.7 Å². The largest absolute Gasteiger partial charge is 1.00 e. The van der Waals surface area contributed by atoms with Crippen LogP contribution >= 0.6 is 0 Å². The van der Waals surface area contributed by atoms with E-state index in [1.54, 1.807) is 0 Å². The number of hydrogen-bond donors (Lipinski definition) is 0. The molecule has 0 nitrogen and oxygen atoms in total. The molecule has 0 unspecified atom stereocenters. The van der Waals surface area contributed by atoms with Gasteiger partial charge in [0.1, 0.15) is 0 Å². The summed E-state index contributed by atoms with van der Waals surface area (Å²) in [6.07, 6.45) is 1.83. The third kappa shape index (κ3) is 3.48. The van der Waals surface area contributed by atoms with Gasteiger partial charge in [-0.05, 0) is 0 Å². The molecule has 0 N–H and O–H groups in total. The zero-order valence-electron chi connectivity index (χ0n) is 6.67. The van der Waals surface area contributed by atoms with Gasteiger partial charge in [0.15, 0.2) is 0 Å².